The molecule has 1 spiro atoms. The second-order valence-electron chi connectivity index (χ2n) is 6.81. The maximum atomic E-state index is 12.7. The van der Waals surface area contributed by atoms with E-state index >= 15 is 0 Å². The van der Waals surface area contributed by atoms with Gasteiger partial charge in [0.15, 0.2) is 0 Å². The van der Waals surface area contributed by atoms with Gasteiger partial charge in [-0.3, -0.25) is 4.99 Å². The first-order valence-electron chi connectivity index (χ1n) is 9.06. The summed E-state index contributed by atoms with van der Waals surface area (Å²) in [7, 11) is 0. The number of hydrogen-bond donors (Lipinski definition) is 2. The molecule has 1 fully saturated rings. The van der Waals surface area contributed by atoms with Crippen molar-refractivity contribution in [2.75, 3.05) is 22.1 Å². The molecule has 2 aromatic carbocycles. The van der Waals surface area contributed by atoms with Gasteiger partial charge in [-0.1, -0.05) is 30.3 Å². The van der Waals surface area contributed by atoms with E-state index in [1.165, 1.54) is 12.1 Å². The van der Waals surface area contributed by atoms with Crippen LogP contribution in [0.2, 0.25) is 0 Å². The predicted molar refractivity (Wildman–Crippen MR) is 107 cm³/mol. The fourth-order valence-electron chi connectivity index (χ4n) is 3.56. The minimum absolute atomic E-state index is 0.104. The van der Waals surface area contributed by atoms with E-state index in [1.54, 1.807) is 12.1 Å². The average Bonchev–Trinajstić information content (AvgIpc) is 2.67. The summed E-state index contributed by atoms with van der Waals surface area (Å²) in [6.07, 6.45) is -2.92. The number of alkyl halides is 3. The summed E-state index contributed by atoms with van der Waals surface area (Å²) in [6, 6.07) is 14.0. The first-order chi connectivity index (χ1) is 13.5. The predicted octanol–water partition coefficient (Wildman–Crippen LogP) is 5.29. The number of benzene rings is 2. The van der Waals surface area contributed by atoms with Gasteiger partial charge in [-0.05, 0) is 42.5 Å². The van der Waals surface area contributed by atoms with Gasteiger partial charge in [0.2, 0.25) is 0 Å². The number of amidine groups is 1. The van der Waals surface area contributed by atoms with Crippen LogP contribution in [0.15, 0.2) is 53.5 Å². The fraction of sp³-hybridized carbons (Fsp3) is 0.350. The summed E-state index contributed by atoms with van der Waals surface area (Å²) in [6.45, 7) is 0.104. The van der Waals surface area contributed by atoms with E-state index in [0.717, 1.165) is 41.6 Å². The second kappa shape index (κ2) is 7.58. The van der Waals surface area contributed by atoms with Crippen molar-refractivity contribution in [1.82, 2.24) is 0 Å². The molecule has 28 heavy (non-hydrogen) atoms. The lowest BCUT2D eigenvalue weighted by molar-refractivity contribution is -0.274. The monoisotopic (exact) mass is 407 g/mol. The lowest BCUT2D eigenvalue weighted by atomic mass is 9.87. The van der Waals surface area contributed by atoms with Gasteiger partial charge in [-0.2, -0.15) is 11.8 Å². The number of fused-ring (bicyclic) bond motifs is 1. The van der Waals surface area contributed by atoms with Gasteiger partial charge in [0, 0.05) is 5.56 Å². The molecule has 0 saturated carbocycles. The van der Waals surface area contributed by atoms with E-state index in [-0.39, 0.29) is 17.8 Å². The van der Waals surface area contributed by atoms with Crippen LogP contribution in [0.4, 0.5) is 24.5 Å². The molecule has 0 aliphatic carbocycles. The number of para-hydroxylation sites is 3. The molecule has 0 amide bonds. The van der Waals surface area contributed by atoms with Crippen molar-refractivity contribution < 1.29 is 17.9 Å². The zero-order valence-electron chi connectivity index (χ0n) is 15.1. The van der Waals surface area contributed by atoms with E-state index in [4.69, 9.17) is 4.99 Å². The van der Waals surface area contributed by atoms with Crippen LogP contribution in [0.25, 0.3) is 0 Å². The Kier molecular flexibility index (Phi) is 5.14. The average molecular weight is 407 g/mol. The molecule has 2 aromatic rings. The summed E-state index contributed by atoms with van der Waals surface area (Å²) in [5.41, 5.74) is 2.02. The van der Waals surface area contributed by atoms with Crippen LogP contribution in [0, 0.1) is 0 Å². The van der Waals surface area contributed by atoms with E-state index in [0.29, 0.717) is 5.56 Å². The van der Waals surface area contributed by atoms with Gasteiger partial charge in [0.1, 0.15) is 11.6 Å². The summed E-state index contributed by atoms with van der Waals surface area (Å²) >= 11 is 1.90. The highest BCUT2D eigenvalue weighted by atomic mass is 32.2. The number of nitrogens with one attached hydrogen (secondary N) is 2. The number of rotatable bonds is 3. The molecular weight excluding hydrogens is 387 g/mol. The molecular formula is C20H20F3N3OS. The molecule has 1 saturated heterocycles. The molecule has 2 heterocycles. The molecule has 4 rings (SSSR count). The molecule has 0 radical (unpaired) electrons. The van der Waals surface area contributed by atoms with Crippen LogP contribution in [-0.2, 0) is 6.54 Å². The number of thioether (sulfide) groups is 1. The maximum Gasteiger partial charge on any atom is 0.573 e. The number of nitrogens with zero attached hydrogens (tertiary/aromatic N) is 1. The minimum Gasteiger partial charge on any atom is -0.405 e. The van der Waals surface area contributed by atoms with Crippen molar-refractivity contribution in [2.45, 2.75) is 31.3 Å². The van der Waals surface area contributed by atoms with Crippen molar-refractivity contribution in [3.8, 4) is 5.75 Å². The Labute approximate surface area is 165 Å². The van der Waals surface area contributed by atoms with Crippen LogP contribution >= 0.6 is 11.8 Å². The normalized spacial score (nSPS) is 19.6. The molecule has 2 aliphatic rings. The Balaban J connectivity index is 1.64. The van der Waals surface area contributed by atoms with Gasteiger partial charge >= 0.3 is 6.36 Å². The number of anilines is 2. The molecule has 4 nitrogen and oxygen atoms in total. The number of ether oxygens (including phenoxy) is 1. The molecule has 2 aliphatic heterocycles. The molecule has 0 aromatic heterocycles. The van der Waals surface area contributed by atoms with Crippen molar-refractivity contribution in [2.24, 2.45) is 4.99 Å². The summed E-state index contributed by atoms with van der Waals surface area (Å²) in [5.74, 6) is 2.57. The van der Waals surface area contributed by atoms with E-state index in [2.05, 4.69) is 15.4 Å². The van der Waals surface area contributed by atoms with Crippen molar-refractivity contribution >= 4 is 29.0 Å². The van der Waals surface area contributed by atoms with Crippen molar-refractivity contribution in [3.63, 3.8) is 0 Å². The first-order valence-corrected chi connectivity index (χ1v) is 10.2. The lowest BCUT2D eigenvalue weighted by Gasteiger charge is -2.43. The van der Waals surface area contributed by atoms with Crippen LogP contribution in [0.1, 0.15) is 18.4 Å². The number of hydrogen-bond acceptors (Lipinski definition) is 4. The van der Waals surface area contributed by atoms with Crippen LogP contribution in [0.3, 0.4) is 0 Å². The van der Waals surface area contributed by atoms with Gasteiger partial charge in [-0.25, -0.2) is 0 Å². The fourth-order valence-corrected chi connectivity index (χ4v) is 4.75. The van der Waals surface area contributed by atoms with E-state index < -0.39 is 6.36 Å². The highest BCUT2D eigenvalue weighted by Gasteiger charge is 2.41. The lowest BCUT2D eigenvalue weighted by Crippen LogP contribution is -2.54. The summed E-state index contributed by atoms with van der Waals surface area (Å²) in [5, 5.41) is 7.04. The third-order valence-corrected chi connectivity index (χ3v) is 5.95. The number of aliphatic imine (C=N–C) groups is 1. The second-order valence-corrected chi connectivity index (χ2v) is 8.04. The first kappa shape index (κ1) is 19.0. The molecule has 148 valence electrons. The topological polar surface area (TPSA) is 45.6 Å². The largest absolute Gasteiger partial charge is 0.573 e. The molecule has 0 unspecified atom stereocenters. The van der Waals surface area contributed by atoms with Crippen molar-refractivity contribution in [1.29, 1.82) is 0 Å². The Morgan fingerprint density at radius 3 is 2.43 bits per heavy atom. The van der Waals surface area contributed by atoms with Crippen LogP contribution < -0.4 is 15.4 Å². The Morgan fingerprint density at radius 1 is 1.00 bits per heavy atom. The van der Waals surface area contributed by atoms with Gasteiger partial charge in [0.25, 0.3) is 0 Å². The van der Waals surface area contributed by atoms with E-state index in [1.807, 2.05) is 36.0 Å². The van der Waals surface area contributed by atoms with Gasteiger partial charge < -0.3 is 15.4 Å². The zero-order chi connectivity index (χ0) is 19.6. The quantitative estimate of drug-likeness (QED) is 0.726. The van der Waals surface area contributed by atoms with Crippen LogP contribution in [-0.4, -0.2) is 29.2 Å². The molecule has 0 bridgehead atoms. The Bertz CT molecular complexity index is 879. The molecule has 0 atom stereocenters. The SMILES string of the molecule is FC(F)(F)Oc1ccccc1CN=C1Nc2ccccc2NC12CCSCC2. The van der Waals surface area contributed by atoms with Gasteiger partial charge in [-0.15, -0.1) is 13.2 Å². The van der Waals surface area contributed by atoms with Crippen LogP contribution in [0.5, 0.6) is 5.75 Å². The Hall–Kier alpha value is -2.35. The Morgan fingerprint density at radius 2 is 1.68 bits per heavy atom. The third kappa shape index (κ3) is 4.06. The maximum absolute atomic E-state index is 12.7. The third-order valence-electron chi connectivity index (χ3n) is 4.96. The molecule has 8 heteroatoms. The van der Waals surface area contributed by atoms with Gasteiger partial charge in [0.05, 0.1) is 23.5 Å². The zero-order valence-corrected chi connectivity index (χ0v) is 15.9. The standard InChI is InChI=1S/C20H20F3N3OS/c21-20(22,23)27-17-8-4-1-5-14(17)13-24-18-19(9-11-28-12-10-19)26-16-7-3-2-6-15(16)25-18/h1-8,26H,9-13H2,(H,24,25). The summed E-state index contributed by atoms with van der Waals surface area (Å²) in [4.78, 5) is 4.71. The minimum atomic E-state index is -4.73. The summed E-state index contributed by atoms with van der Waals surface area (Å²) < 4.78 is 42.2. The van der Waals surface area contributed by atoms with Crippen molar-refractivity contribution in [3.05, 3.63) is 54.1 Å². The number of halogens is 3. The molecule has 2 N–H and O–H groups in total. The highest BCUT2D eigenvalue weighted by Crippen LogP contribution is 2.39. The van der Waals surface area contributed by atoms with E-state index in [9.17, 15) is 13.2 Å². The highest BCUT2D eigenvalue weighted by molar-refractivity contribution is 7.99. The smallest absolute Gasteiger partial charge is 0.405 e.